The zero-order valence-electron chi connectivity index (χ0n) is 7.26. The second kappa shape index (κ2) is 5.71. The molecule has 0 aliphatic rings. The number of amides is 4. The molecule has 0 radical (unpaired) electrons. The summed E-state index contributed by atoms with van der Waals surface area (Å²) in [5.41, 5.74) is 4.81. The van der Waals surface area contributed by atoms with Crippen LogP contribution in [0.15, 0.2) is 0 Å². The fraction of sp³-hybridized carbons (Fsp3) is 0.429. The molecule has 0 saturated carbocycles. The van der Waals surface area contributed by atoms with Crippen LogP contribution in [0.25, 0.3) is 0 Å². The number of terminal acetylenes is 1. The number of nitrogens with one attached hydrogen (secondary N) is 3. The molecule has 0 rings (SSSR count). The van der Waals surface area contributed by atoms with Crippen LogP contribution in [0.3, 0.4) is 0 Å². The summed E-state index contributed by atoms with van der Waals surface area (Å²) in [5.74, 6) is 2.28. The molecule has 0 spiro atoms. The number of carbonyl (C=O) groups is 2. The van der Waals surface area contributed by atoms with E-state index in [2.05, 4.69) is 21.9 Å². The van der Waals surface area contributed by atoms with E-state index in [9.17, 15) is 9.59 Å². The van der Waals surface area contributed by atoms with Crippen molar-refractivity contribution in [3.8, 4) is 12.3 Å². The minimum Gasteiger partial charge on any atom is -0.352 e. The van der Waals surface area contributed by atoms with Crippen molar-refractivity contribution in [2.45, 2.75) is 6.04 Å². The van der Waals surface area contributed by atoms with Crippen LogP contribution in [0.1, 0.15) is 0 Å². The molecule has 0 aromatic heterocycles. The number of urea groups is 2. The lowest BCUT2D eigenvalue weighted by atomic mass is 10.3. The van der Waals surface area contributed by atoms with Gasteiger partial charge in [0.15, 0.2) is 0 Å². The van der Waals surface area contributed by atoms with E-state index in [0.717, 1.165) is 0 Å². The lowest BCUT2D eigenvalue weighted by Crippen LogP contribution is -2.46. The van der Waals surface area contributed by atoms with Gasteiger partial charge in [0.1, 0.15) is 6.04 Å². The molecule has 0 aromatic carbocycles. The molecule has 5 N–H and O–H groups in total. The molecule has 1 atom stereocenters. The van der Waals surface area contributed by atoms with Gasteiger partial charge in [-0.05, 0) is 0 Å². The lowest BCUT2D eigenvalue weighted by Gasteiger charge is -2.12. The minimum atomic E-state index is -0.682. The molecule has 0 unspecified atom stereocenters. The van der Waals surface area contributed by atoms with E-state index in [1.807, 2.05) is 0 Å². The highest BCUT2D eigenvalue weighted by Crippen LogP contribution is 1.78. The molecule has 0 aliphatic heterocycles. The Morgan fingerprint density at radius 2 is 2.23 bits per heavy atom. The Bertz CT molecular complexity index is 233. The van der Waals surface area contributed by atoms with Crippen molar-refractivity contribution in [3.63, 3.8) is 0 Å². The van der Waals surface area contributed by atoms with Crippen LogP contribution in [-0.2, 0) is 0 Å². The molecule has 4 amide bonds. The maximum atomic E-state index is 10.8. The standard InChI is InChI=1S/C7H12N4O2/c1-3-5(4-10-6(8)12)11-7(13)9-2/h1,5H,4H2,2H3,(H3,8,10,12)(H2,9,11,13)/t5-/m0/s1. The number of primary amides is 1. The fourth-order valence-electron chi connectivity index (χ4n) is 0.585. The Morgan fingerprint density at radius 3 is 2.62 bits per heavy atom. The summed E-state index contributed by atoms with van der Waals surface area (Å²) in [6, 6.07) is -1.65. The first-order valence-corrected chi connectivity index (χ1v) is 3.57. The number of hydrogen-bond acceptors (Lipinski definition) is 2. The Morgan fingerprint density at radius 1 is 1.62 bits per heavy atom. The van der Waals surface area contributed by atoms with Crippen LogP contribution in [0.5, 0.6) is 0 Å². The molecule has 13 heavy (non-hydrogen) atoms. The van der Waals surface area contributed by atoms with Crippen LogP contribution in [0.4, 0.5) is 9.59 Å². The first-order chi connectivity index (χ1) is 6.10. The minimum absolute atomic E-state index is 0.110. The third kappa shape index (κ3) is 5.38. The zero-order valence-corrected chi connectivity index (χ0v) is 7.26. The summed E-state index contributed by atoms with van der Waals surface area (Å²) in [4.78, 5) is 21.1. The van der Waals surface area contributed by atoms with E-state index in [-0.39, 0.29) is 6.54 Å². The molecular formula is C7H12N4O2. The molecule has 0 aromatic rings. The van der Waals surface area contributed by atoms with Gasteiger partial charge in [-0.3, -0.25) is 0 Å². The average molecular weight is 184 g/mol. The second-order valence-electron chi connectivity index (χ2n) is 2.19. The van der Waals surface area contributed by atoms with E-state index in [4.69, 9.17) is 12.2 Å². The molecule has 0 aliphatic carbocycles. The Hall–Kier alpha value is -1.90. The SMILES string of the molecule is C#C[C@@H](CNC(N)=O)NC(=O)NC. The molecule has 6 heteroatoms. The number of hydrogen-bond donors (Lipinski definition) is 4. The monoisotopic (exact) mass is 184 g/mol. The van der Waals surface area contributed by atoms with Crippen molar-refractivity contribution in [2.24, 2.45) is 5.73 Å². The van der Waals surface area contributed by atoms with Crippen LogP contribution >= 0.6 is 0 Å². The number of nitrogens with two attached hydrogens (primary N) is 1. The maximum absolute atomic E-state index is 10.8. The van der Waals surface area contributed by atoms with Gasteiger partial charge in [0.2, 0.25) is 0 Å². The third-order valence-corrected chi connectivity index (χ3v) is 1.21. The largest absolute Gasteiger partial charge is 0.352 e. The quantitative estimate of drug-likeness (QED) is 0.405. The van der Waals surface area contributed by atoms with Gasteiger partial charge in [0.05, 0.1) is 6.54 Å². The average Bonchev–Trinajstić information content (AvgIpc) is 2.11. The van der Waals surface area contributed by atoms with Crippen molar-refractivity contribution in [1.29, 1.82) is 0 Å². The molecule has 6 nitrogen and oxygen atoms in total. The zero-order chi connectivity index (χ0) is 10.3. The van der Waals surface area contributed by atoms with Gasteiger partial charge in [0.25, 0.3) is 0 Å². The van der Waals surface area contributed by atoms with Crippen LogP contribution in [-0.4, -0.2) is 31.7 Å². The highest BCUT2D eigenvalue weighted by molar-refractivity contribution is 5.75. The van der Waals surface area contributed by atoms with Gasteiger partial charge in [-0.1, -0.05) is 5.92 Å². The molecular weight excluding hydrogens is 172 g/mol. The highest BCUT2D eigenvalue weighted by Gasteiger charge is 2.07. The van der Waals surface area contributed by atoms with Gasteiger partial charge >= 0.3 is 12.1 Å². The molecule has 0 fully saturated rings. The first-order valence-electron chi connectivity index (χ1n) is 3.57. The van der Waals surface area contributed by atoms with Crippen molar-refractivity contribution >= 4 is 12.1 Å². The predicted octanol–water partition coefficient (Wildman–Crippen LogP) is -1.41. The summed E-state index contributed by atoms with van der Waals surface area (Å²) in [6.45, 7) is 0.110. The van der Waals surface area contributed by atoms with Gasteiger partial charge in [-0.2, -0.15) is 0 Å². The van der Waals surface area contributed by atoms with Crippen molar-refractivity contribution in [1.82, 2.24) is 16.0 Å². The summed E-state index contributed by atoms with van der Waals surface area (Å²) >= 11 is 0. The van der Waals surface area contributed by atoms with E-state index >= 15 is 0 Å². The Balaban J connectivity index is 3.84. The predicted molar refractivity (Wildman–Crippen MR) is 47.8 cm³/mol. The smallest absolute Gasteiger partial charge is 0.315 e. The van der Waals surface area contributed by atoms with Crippen molar-refractivity contribution < 1.29 is 9.59 Å². The van der Waals surface area contributed by atoms with Crippen LogP contribution in [0, 0.1) is 12.3 Å². The van der Waals surface area contributed by atoms with Crippen LogP contribution in [0.2, 0.25) is 0 Å². The molecule has 0 heterocycles. The maximum Gasteiger partial charge on any atom is 0.315 e. The highest BCUT2D eigenvalue weighted by atomic mass is 16.2. The van der Waals surface area contributed by atoms with Crippen LogP contribution < -0.4 is 21.7 Å². The topological polar surface area (TPSA) is 96.2 Å². The number of rotatable bonds is 3. The fourth-order valence-corrected chi connectivity index (χ4v) is 0.585. The van der Waals surface area contributed by atoms with Crippen molar-refractivity contribution in [2.75, 3.05) is 13.6 Å². The first kappa shape index (κ1) is 11.1. The molecule has 0 bridgehead atoms. The van der Waals surface area contributed by atoms with Gasteiger partial charge < -0.3 is 21.7 Å². The Kier molecular flexibility index (Phi) is 4.88. The van der Waals surface area contributed by atoms with E-state index in [1.54, 1.807) is 0 Å². The Labute approximate surface area is 76.2 Å². The van der Waals surface area contributed by atoms with Gasteiger partial charge in [-0.15, -0.1) is 6.42 Å². The second-order valence-corrected chi connectivity index (χ2v) is 2.19. The molecule has 0 saturated heterocycles. The summed E-state index contributed by atoms with van der Waals surface area (Å²) < 4.78 is 0. The molecule has 72 valence electrons. The van der Waals surface area contributed by atoms with Crippen molar-refractivity contribution in [3.05, 3.63) is 0 Å². The summed E-state index contributed by atoms with van der Waals surface area (Å²) in [7, 11) is 1.46. The summed E-state index contributed by atoms with van der Waals surface area (Å²) in [5, 5.41) is 7.02. The van der Waals surface area contributed by atoms with Gasteiger partial charge in [0, 0.05) is 7.05 Å². The van der Waals surface area contributed by atoms with E-state index < -0.39 is 18.1 Å². The van der Waals surface area contributed by atoms with E-state index in [1.165, 1.54) is 7.05 Å². The van der Waals surface area contributed by atoms with E-state index in [0.29, 0.717) is 0 Å². The third-order valence-electron chi connectivity index (χ3n) is 1.21. The van der Waals surface area contributed by atoms with Gasteiger partial charge in [-0.25, -0.2) is 9.59 Å². The lowest BCUT2D eigenvalue weighted by molar-refractivity contribution is 0.238. The summed E-state index contributed by atoms with van der Waals surface area (Å²) in [6.07, 6.45) is 5.08. The number of carbonyl (C=O) groups excluding carboxylic acids is 2. The normalized spacial score (nSPS) is 10.8.